The molecule has 5 heteroatoms. The Bertz CT molecular complexity index is 255. The minimum Gasteiger partial charge on any atom is -0.459 e. The lowest BCUT2D eigenvalue weighted by Gasteiger charge is -2.11. The van der Waals surface area contributed by atoms with Crippen molar-refractivity contribution in [2.75, 3.05) is 6.61 Å². The van der Waals surface area contributed by atoms with E-state index in [-0.39, 0.29) is 12.2 Å². The third-order valence-corrected chi connectivity index (χ3v) is 1.90. The zero-order valence-corrected chi connectivity index (χ0v) is 8.05. The Hall–Kier alpha value is -0.970. The number of carbonyl (C=O) groups excluding carboxylic acids is 1. The van der Waals surface area contributed by atoms with Gasteiger partial charge in [0.25, 0.3) is 6.08 Å². The number of carbonyl (C=O) groups is 1. The molecule has 0 aliphatic carbocycles. The molecule has 0 N–H and O–H groups in total. The highest BCUT2D eigenvalue weighted by Crippen LogP contribution is 2.18. The molecule has 80 valence electrons. The zero-order chi connectivity index (χ0) is 10.7. The fourth-order valence-electron chi connectivity index (χ4n) is 0.971. The number of esters is 1. The van der Waals surface area contributed by atoms with E-state index >= 15 is 0 Å². The van der Waals surface area contributed by atoms with Gasteiger partial charge in [0, 0.05) is 6.42 Å². The van der Waals surface area contributed by atoms with Gasteiger partial charge in [0.05, 0.1) is 18.3 Å². The molecule has 3 nitrogen and oxygen atoms in total. The molecule has 1 saturated heterocycles. The van der Waals surface area contributed by atoms with Crippen LogP contribution in [-0.2, 0) is 14.3 Å². The maximum absolute atomic E-state index is 12.0. The lowest BCUT2D eigenvalue weighted by atomic mass is 10.2. The number of hydrogen-bond donors (Lipinski definition) is 0. The van der Waals surface area contributed by atoms with Crippen molar-refractivity contribution in [2.24, 2.45) is 0 Å². The van der Waals surface area contributed by atoms with Crippen LogP contribution in [0.4, 0.5) is 8.78 Å². The van der Waals surface area contributed by atoms with Crippen molar-refractivity contribution >= 4 is 5.97 Å². The van der Waals surface area contributed by atoms with Crippen LogP contribution in [0.3, 0.4) is 0 Å². The molecule has 0 aromatic heterocycles. The van der Waals surface area contributed by atoms with Gasteiger partial charge in [-0.25, -0.2) is 4.79 Å². The number of ether oxygens (including phenoxy) is 2. The second kappa shape index (κ2) is 4.50. The van der Waals surface area contributed by atoms with Crippen molar-refractivity contribution in [1.29, 1.82) is 0 Å². The summed E-state index contributed by atoms with van der Waals surface area (Å²) in [5.74, 6) is -0.960. The monoisotopic (exact) mass is 206 g/mol. The molecule has 0 amide bonds. The number of halogens is 2. The maximum atomic E-state index is 12.0. The highest BCUT2D eigenvalue weighted by Gasteiger charge is 2.27. The van der Waals surface area contributed by atoms with Crippen molar-refractivity contribution < 1.29 is 23.0 Å². The van der Waals surface area contributed by atoms with Gasteiger partial charge in [-0.15, -0.1) is 0 Å². The van der Waals surface area contributed by atoms with Crippen molar-refractivity contribution in [3.05, 3.63) is 11.7 Å². The fourth-order valence-corrected chi connectivity index (χ4v) is 0.971. The molecule has 0 aromatic carbocycles. The standard InChI is InChI=1S/C9H12F2O3/c1-5(3-7-4-13-7)14-9(12)6(2)8(10)11/h5,7H,3-4H2,1-2H3. The Balaban J connectivity index is 2.35. The summed E-state index contributed by atoms with van der Waals surface area (Å²) in [7, 11) is 0. The van der Waals surface area contributed by atoms with E-state index < -0.39 is 17.6 Å². The Morgan fingerprint density at radius 2 is 2.21 bits per heavy atom. The van der Waals surface area contributed by atoms with Gasteiger partial charge in [-0.3, -0.25) is 0 Å². The van der Waals surface area contributed by atoms with Crippen LogP contribution in [0.2, 0.25) is 0 Å². The van der Waals surface area contributed by atoms with Crippen LogP contribution in [-0.4, -0.2) is 24.8 Å². The first-order valence-corrected chi connectivity index (χ1v) is 4.35. The molecule has 0 saturated carbocycles. The molecule has 0 spiro atoms. The molecule has 1 rings (SSSR count). The highest BCUT2D eigenvalue weighted by molar-refractivity contribution is 5.88. The highest BCUT2D eigenvalue weighted by atomic mass is 19.3. The van der Waals surface area contributed by atoms with Gasteiger partial charge in [0.2, 0.25) is 0 Å². The molecule has 1 heterocycles. The summed E-state index contributed by atoms with van der Waals surface area (Å²) in [4.78, 5) is 11.0. The average molecular weight is 206 g/mol. The summed E-state index contributed by atoms with van der Waals surface area (Å²) in [6.45, 7) is 3.36. The van der Waals surface area contributed by atoms with Gasteiger partial charge < -0.3 is 9.47 Å². The lowest BCUT2D eigenvalue weighted by molar-refractivity contribution is -0.144. The van der Waals surface area contributed by atoms with Crippen molar-refractivity contribution in [3.8, 4) is 0 Å². The minimum absolute atomic E-state index is 0.123. The van der Waals surface area contributed by atoms with E-state index in [9.17, 15) is 13.6 Å². The van der Waals surface area contributed by atoms with Crippen LogP contribution in [0.5, 0.6) is 0 Å². The fraction of sp³-hybridized carbons (Fsp3) is 0.667. The van der Waals surface area contributed by atoms with Crippen LogP contribution in [0.15, 0.2) is 11.7 Å². The van der Waals surface area contributed by atoms with Crippen LogP contribution in [0.1, 0.15) is 20.3 Å². The van der Waals surface area contributed by atoms with E-state index in [2.05, 4.69) is 0 Å². The Morgan fingerprint density at radius 3 is 2.64 bits per heavy atom. The van der Waals surface area contributed by atoms with Crippen LogP contribution in [0, 0.1) is 0 Å². The van der Waals surface area contributed by atoms with Crippen LogP contribution in [0.25, 0.3) is 0 Å². The smallest absolute Gasteiger partial charge is 0.339 e. The molecular formula is C9H12F2O3. The van der Waals surface area contributed by atoms with Gasteiger partial charge in [0.1, 0.15) is 6.10 Å². The number of epoxide rings is 1. The van der Waals surface area contributed by atoms with Gasteiger partial charge in [0.15, 0.2) is 0 Å². The zero-order valence-electron chi connectivity index (χ0n) is 8.05. The van der Waals surface area contributed by atoms with Crippen molar-refractivity contribution in [2.45, 2.75) is 32.5 Å². The molecule has 14 heavy (non-hydrogen) atoms. The summed E-state index contributed by atoms with van der Waals surface area (Å²) in [5, 5.41) is 0. The SMILES string of the molecule is CC(C(=O)OC(C)CC1CO1)=C(F)F. The van der Waals surface area contributed by atoms with E-state index in [0.717, 1.165) is 6.92 Å². The first-order valence-electron chi connectivity index (χ1n) is 4.35. The average Bonchev–Trinajstić information content (AvgIpc) is 2.86. The summed E-state index contributed by atoms with van der Waals surface area (Å²) < 4.78 is 33.6. The molecule has 1 aliphatic heterocycles. The predicted octanol–water partition coefficient (Wildman–Crippen LogP) is 1.88. The van der Waals surface area contributed by atoms with E-state index in [1.807, 2.05) is 0 Å². The topological polar surface area (TPSA) is 38.8 Å². The maximum Gasteiger partial charge on any atom is 0.339 e. The molecule has 1 fully saturated rings. The minimum atomic E-state index is -2.00. The van der Waals surface area contributed by atoms with Crippen molar-refractivity contribution in [1.82, 2.24) is 0 Å². The van der Waals surface area contributed by atoms with Crippen LogP contribution >= 0.6 is 0 Å². The summed E-state index contributed by atoms with van der Waals surface area (Å²) in [6.07, 6.45) is -1.70. The van der Waals surface area contributed by atoms with Crippen molar-refractivity contribution in [3.63, 3.8) is 0 Å². The summed E-state index contributed by atoms with van der Waals surface area (Å²) in [6, 6.07) is 0. The lowest BCUT2D eigenvalue weighted by Crippen LogP contribution is -2.17. The van der Waals surface area contributed by atoms with Gasteiger partial charge in [-0.1, -0.05) is 0 Å². The van der Waals surface area contributed by atoms with E-state index in [1.165, 1.54) is 0 Å². The normalized spacial score (nSPS) is 21.3. The Morgan fingerprint density at radius 1 is 1.64 bits per heavy atom. The Kier molecular flexibility index (Phi) is 3.57. The number of rotatable bonds is 4. The van der Waals surface area contributed by atoms with Gasteiger partial charge in [-0.2, -0.15) is 8.78 Å². The molecule has 0 radical (unpaired) electrons. The molecule has 2 atom stereocenters. The third-order valence-electron chi connectivity index (χ3n) is 1.90. The third kappa shape index (κ3) is 3.41. The molecule has 1 aliphatic rings. The second-order valence-electron chi connectivity index (χ2n) is 3.29. The van der Waals surface area contributed by atoms with Crippen LogP contribution < -0.4 is 0 Å². The number of hydrogen-bond acceptors (Lipinski definition) is 3. The van der Waals surface area contributed by atoms with Gasteiger partial charge >= 0.3 is 5.97 Å². The Labute approximate surface area is 80.7 Å². The molecule has 2 unspecified atom stereocenters. The molecule has 0 bridgehead atoms. The molecular weight excluding hydrogens is 194 g/mol. The predicted molar refractivity (Wildman–Crippen MR) is 44.8 cm³/mol. The van der Waals surface area contributed by atoms with Gasteiger partial charge in [-0.05, 0) is 13.8 Å². The van der Waals surface area contributed by atoms with E-state index in [4.69, 9.17) is 9.47 Å². The largest absolute Gasteiger partial charge is 0.459 e. The van der Waals surface area contributed by atoms with E-state index in [1.54, 1.807) is 6.92 Å². The first kappa shape index (κ1) is 11.1. The quantitative estimate of drug-likeness (QED) is 0.400. The second-order valence-corrected chi connectivity index (χ2v) is 3.29. The first-order chi connectivity index (χ1) is 6.50. The summed E-state index contributed by atoms with van der Waals surface area (Å²) >= 11 is 0. The molecule has 0 aromatic rings. The summed E-state index contributed by atoms with van der Waals surface area (Å²) in [5.41, 5.74) is -0.631. The van der Waals surface area contributed by atoms with E-state index in [0.29, 0.717) is 13.0 Å².